The number of aromatic nitrogens is 2. The zero-order valence-electron chi connectivity index (χ0n) is 7.23. The molecule has 1 heterocycles. The topological polar surface area (TPSA) is 44.1 Å². The van der Waals surface area contributed by atoms with E-state index in [1.807, 2.05) is 0 Å². The van der Waals surface area contributed by atoms with Crippen LogP contribution in [-0.2, 0) is 9.53 Å². The smallest absolute Gasteiger partial charge is 0.330 e. The molecule has 0 fully saturated rings. The Hall–Kier alpha value is -1.32. The number of ether oxygens (including phenoxy) is 1. The molecule has 1 aromatic heterocycles. The van der Waals surface area contributed by atoms with Crippen molar-refractivity contribution in [3.63, 3.8) is 0 Å². The van der Waals surface area contributed by atoms with E-state index in [4.69, 9.17) is 4.74 Å². The van der Waals surface area contributed by atoms with Gasteiger partial charge in [0.2, 0.25) is 0 Å². The van der Waals surface area contributed by atoms with Crippen LogP contribution in [-0.4, -0.2) is 22.4 Å². The van der Waals surface area contributed by atoms with E-state index in [0.717, 1.165) is 0 Å². The van der Waals surface area contributed by atoms with E-state index >= 15 is 0 Å². The Morgan fingerprint density at radius 1 is 1.75 bits per heavy atom. The number of rotatable bonds is 3. The van der Waals surface area contributed by atoms with Crippen LogP contribution < -0.4 is 0 Å². The van der Waals surface area contributed by atoms with E-state index in [-0.39, 0.29) is 12.0 Å². The van der Waals surface area contributed by atoms with Gasteiger partial charge in [-0.25, -0.2) is 4.79 Å². The van der Waals surface area contributed by atoms with Gasteiger partial charge in [0.1, 0.15) is 6.04 Å². The van der Waals surface area contributed by atoms with Crippen molar-refractivity contribution in [1.29, 1.82) is 0 Å². The first-order valence-corrected chi connectivity index (χ1v) is 3.91. The van der Waals surface area contributed by atoms with E-state index < -0.39 is 0 Å². The number of esters is 1. The van der Waals surface area contributed by atoms with Crippen molar-refractivity contribution in [2.24, 2.45) is 0 Å². The van der Waals surface area contributed by atoms with Crippen molar-refractivity contribution < 1.29 is 9.53 Å². The zero-order valence-corrected chi connectivity index (χ0v) is 7.23. The van der Waals surface area contributed by atoms with Crippen LogP contribution in [0, 0.1) is 0 Å². The largest absolute Gasteiger partial charge is 0.464 e. The molecule has 12 heavy (non-hydrogen) atoms. The molecule has 4 heteroatoms. The van der Waals surface area contributed by atoms with Gasteiger partial charge in [0.25, 0.3) is 0 Å². The minimum Gasteiger partial charge on any atom is -0.464 e. The molecule has 0 aliphatic heterocycles. The predicted octanol–water partition coefficient (Wildman–Crippen LogP) is 1.01. The Labute approximate surface area is 71.1 Å². The van der Waals surface area contributed by atoms with Crippen LogP contribution in [0.25, 0.3) is 0 Å². The monoisotopic (exact) mass is 168 g/mol. The first-order valence-electron chi connectivity index (χ1n) is 3.91. The summed E-state index contributed by atoms with van der Waals surface area (Å²) in [7, 11) is 0. The summed E-state index contributed by atoms with van der Waals surface area (Å²) in [5.74, 6) is -0.249. The van der Waals surface area contributed by atoms with Crippen molar-refractivity contribution in [2.45, 2.75) is 19.9 Å². The third-order valence-electron chi connectivity index (χ3n) is 1.55. The van der Waals surface area contributed by atoms with Gasteiger partial charge in [-0.2, -0.15) is 5.10 Å². The van der Waals surface area contributed by atoms with Crippen molar-refractivity contribution >= 4 is 5.97 Å². The van der Waals surface area contributed by atoms with Crippen LogP contribution in [0.3, 0.4) is 0 Å². The lowest BCUT2D eigenvalue weighted by Gasteiger charge is -2.09. The highest BCUT2D eigenvalue weighted by Crippen LogP contribution is 2.04. The molecule has 0 radical (unpaired) electrons. The van der Waals surface area contributed by atoms with Gasteiger partial charge in [-0.3, -0.25) is 4.68 Å². The normalized spacial score (nSPS) is 12.5. The van der Waals surface area contributed by atoms with Gasteiger partial charge in [0, 0.05) is 12.4 Å². The van der Waals surface area contributed by atoms with Crippen LogP contribution in [0.4, 0.5) is 0 Å². The fourth-order valence-corrected chi connectivity index (χ4v) is 0.881. The SMILES string of the molecule is CCOC(=O)[C@H](C)n1cccn1. The molecule has 0 amide bonds. The minimum atomic E-state index is -0.333. The predicted molar refractivity (Wildman–Crippen MR) is 43.6 cm³/mol. The van der Waals surface area contributed by atoms with Crippen molar-refractivity contribution in [1.82, 2.24) is 9.78 Å². The molecular weight excluding hydrogens is 156 g/mol. The molecule has 0 saturated heterocycles. The molecule has 0 unspecified atom stereocenters. The Morgan fingerprint density at radius 3 is 3.00 bits per heavy atom. The maximum absolute atomic E-state index is 11.2. The van der Waals surface area contributed by atoms with Crippen LogP contribution in [0.15, 0.2) is 18.5 Å². The Kier molecular flexibility index (Phi) is 2.85. The number of hydrogen-bond acceptors (Lipinski definition) is 3. The van der Waals surface area contributed by atoms with E-state index in [1.54, 1.807) is 37.0 Å². The summed E-state index contributed by atoms with van der Waals surface area (Å²) in [5, 5.41) is 3.94. The van der Waals surface area contributed by atoms with E-state index in [9.17, 15) is 4.79 Å². The lowest BCUT2D eigenvalue weighted by atomic mass is 10.3. The van der Waals surface area contributed by atoms with Crippen molar-refractivity contribution in [3.05, 3.63) is 18.5 Å². The molecule has 0 aliphatic rings. The molecule has 0 N–H and O–H groups in total. The molecule has 0 bridgehead atoms. The number of hydrogen-bond donors (Lipinski definition) is 0. The molecule has 1 aromatic rings. The number of nitrogens with zero attached hydrogens (tertiary/aromatic N) is 2. The van der Waals surface area contributed by atoms with Crippen LogP contribution in [0.5, 0.6) is 0 Å². The van der Waals surface area contributed by atoms with E-state index in [1.165, 1.54) is 0 Å². The van der Waals surface area contributed by atoms with Gasteiger partial charge < -0.3 is 4.74 Å². The van der Waals surface area contributed by atoms with Crippen LogP contribution >= 0.6 is 0 Å². The summed E-state index contributed by atoms with van der Waals surface area (Å²) in [6.45, 7) is 3.95. The lowest BCUT2D eigenvalue weighted by Crippen LogP contribution is -2.19. The summed E-state index contributed by atoms with van der Waals surface area (Å²) in [6, 6.07) is 1.44. The molecule has 1 rings (SSSR count). The minimum absolute atomic E-state index is 0.249. The highest BCUT2D eigenvalue weighted by atomic mass is 16.5. The standard InChI is InChI=1S/C8H12N2O2/c1-3-12-8(11)7(2)10-6-4-5-9-10/h4-7H,3H2,1-2H3/t7-/m0/s1. The second kappa shape index (κ2) is 3.90. The summed E-state index contributed by atoms with van der Waals surface area (Å²) in [4.78, 5) is 11.2. The van der Waals surface area contributed by atoms with E-state index in [0.29, 0.717) is 6.61 Å². The third-order valence-corrected chi connectivity index (χ3v) is 1.55. The Morgan fingerprint density at radius 2 is 2.50 bits per heavy atom. The van der Waals surface area contributed by atoms with Gasteiger partial charge in [-0.1, -0.05) is 0 Å². The summed E-state index contributed by atoms with van der Waals surface area (Å²) in [6.07, 6.45) is 3.37. The molecule has 0 aromatic carbocycles. The summed E-state index contributed by atoms with van der Waals surface area (Å²) < 4.78 is 6.40. The first kappa shape index (κ1) is 8.77. The summed E-state index contributed by atoms with van der Waals surface area (Å²) in [5.41, 5.74) is 0. The Bertz CT molecular complexity index is 244. The lowest BCUT2D eigenvalue weighted by molar-refractivity contribution is -0.146. The van der Waals surface area contributed by atoms with Gasteiger partial charge in [-0.05, 0) is 19.9 Å². The van der Waals surface area contributed by atoms with Gasteiger partial charge in [0.15, 0.2) is 0 Å². The van der Waals surface area contributed by atoms with Gasteiger partial charge in [-0.15, -0.1) is 0 Å². The number of carbonyl (C=O) groups excluding carboxylic acids is 1. The average Bonchev–Trinajstić information content (AvgIpc) is 2.55. The first-order chi connectivity index (χ1) is 5.75. The van der Waals surface area contributed by atoms with Crippen LogP contribution in [0.2, 0.25) is 0 Å². The third kappa shape index (κ3) is 1.84. The van der Waals surface area contributed by atoms with Gasteiger partial charge >= 0.3 is 5.97 Å². The molecule has 0 saturated carbocycles. The molecule has 4 nitrogen and oxygen atoms in total. The maximum Gasteiger partial charge on any atom is 0.330 e. The molecule has 66 valence electrons. The second-order valence-corrected chi connectivity index (χ2v) is 2.41. The second-order valence-electron chi connectivity index (χ2n) is 2.41. The molecular formula is C8H12N2O2. The molecule has 1 atom stereocenters. The summed E-state index contributed by atoms with van der Waals surface area (Å²) >= 11 is 0. The number of carbonyl (C=O) groups is 1. The van der Waals surface area contributed by atoms with Gasteiger partial charge in [0.05, 0.1) is 6.61 Å². The molecule has 0 aliphatic carbocycles. The zero-order chi connectivity index (χ0) is 8.97. The quantitative estimate of drug-likeness (QED) is 0.632. The average molecular weight is 168 g/mol. The van der Waals surface area contributed by atoms with Crippen molar-refractivity contribution in [3.8, 4) is 0 Å². The highest BCUT2D eigenvalue weighted by molar-refractivity contribution is 5.73. The fraction of sp³-hybridized carbons (Fsp3) is 0.500. The van der Waals surface area contributed by atoms with Crippen molar-refractivity contribution in [2.75, 3.05) is 6.61 Å². The van der Waals surface area contributed by atoms with Crippen LogP contribution in [0.1, 0.15) is 19.9 Å². The maximum atomic E-state index is 11.2. The highest BCUT2D eigenvalue weighted by Gasteiger charge is 2.15. The molecule has 0 spiro atoms. The Balaban J connectivity index is 2.59. The fourth-order valence-electron chi connectivity index (χ4n) is 0.881. The van der Waals surface area contributed by atoms with E-state index in [2.05, 4.69) is 5.10 Å².